The molecule has 0 N–H and O–H groups in total. The summed E-state index contributed by atoms with van der Waals surface area (Å²) in [5.41, 5.74) is 1.60. The van der Waals surface area contributed by atoms with Gasteiger partial charge in [-0.25, -0.2) is 4.39 Å². The number of rotatable bonds is 2. The van der Waals surface area contributed by atoms with E-state index in [0.29, 0.717) is 0 Å². The lowest BCUT2D eigenvalue weighted by Crippen LogP contribution is -2.38. The molecule has 18 heavy (non-hydrogen) atoms. The number of benzene rings is 1. The first kappa shape index (κ1) is 12.6. The zero-order valence-electron chi connectivity index (χ0n) is 10.8. The Bertz CT molecular complexity index is 511. The molecular weight excluding hydrogens is 229 g/mol. The average Bonchev–Trinajstić information content (AvgIpc) is 2.56. The van der Waals surface area contributed by atoms with Crippen LogP contribution in [0, 0.1) is 17.1 Å². The van der Waals surface area contributed by atoms with Gasteiger partial charge in [-0.2, -0.15) is 10.4 Å². The highest BCUT2D eigenvalue weighted by atomic mass is 19.1. The number of nitrogens with zero attached hydrogens (tertiary/aromatic N) is 3. The summed E-state index contributed by atoms with van der Waals surface area (Å²) in [5, 5.41) is 15.6. The van der Waals surface area contributed by atoms with Gasteiger partial charge in [-0.1, -0.05) is 12.1 Å². The SMILES string of the molecule is CC1=NN([C@@H](C#N)c2ccc(F)cc2)C(C)(C)C1. The largest absolute Gasteiger partial charge is 0.269 e. The minimum absolute atomic E-state index is 0.182. The van der Waals surface area contributed by atoms with Crippen LogP contribution in [0.1, 0.15) is 38.8 Å². The minimum Gasteiger partial charge on any atom is -0.269 e. The van der Waals surface area contributed by atoms with Gasteiger partial charge in [0, 0.05) is 12.1 Å². The Morgan fingerprint density at radius 3 is 2.44 bits per heavy atom. The molecule has 1 aromatic rings. The van der Waals surface area contributed by atoms with E-state index in [9.17, 15) is 9.65 Å². The van der Waals surface area contributed by atoms with Gasteiger partial charge in [-0.05, 0) is 38.5 Å². The fraction of sp³-hybridized carbons (Fsp3) is 0.429. The highest BCUT2D eigenvalue weighted by Crippen LogP contribution is 2.35. The van der Waals surface area contributed by atoms with Crippen molar-refractivity contribution in [2.24, 2.45) is 5.10 Å². The molecule has 0 saturated carbocycles. The minimum atomic E-state index is -0.474. The maximum Gasteiger partial charge on any atom is 0.159 e. The van der Waals surface area contributed by atoms with Crippen LogP contribution >= 0.6 is 0 Å². The summed E-state index contributed by atoms with van der Waals surface area (Å²) in [7, 11) is 0. The van der Waals surface area contributed by atoms with Crippen molar-refractivity contribution in [3.63, 3.8) is 0 Å². The number of hydrogen-bond acceptors (Lipinski definition) is 3. The number of hydrazone groups is 1. The van der Waals surface area contributed by atoms with Gasteiger partial charge >= 0.3 is 0 Å². The van der Waals surface area contributed by atoms with Crippen LogP contribution in [0.25, 0.3) is 0 Å². The van der Waals surface area contributed by atoms with E-state index < -0.39 is 6.04 Å². The van der Waals surface area contributed by atoms with Gasteiger partial charge in [0.2, 0.25) is 0 Å². The first-order valence-electron chi connectivity index (χ1n) is 5.92. The van der Waals surface area contributed by atoms with Gasteiger partial charge in [-0.3, -0.25) is 5.01 Å². The van der Waals surface area contributed by atoms with E-state index >= 15 is 0 Å². The Morgan fingerprint density at radius 1 is 1.39 bits per heavy atom. The Morgan fingerprint density at radius 2 is 2.00 bits per heavy atom. The second-order valence-corrected chi connectivity index (χ2v) is 5.25. The van der Waals surface area contributed by atoms with Crippen LogP contribution in [0.2, 0.25) is 0 Å². The van der Waals surface area contributed by atoms with Crippen LogP contribution in [-0.2, 0) is 0 Å². The molecular formula is C14H16FN3. The van der Waals surface area contributed by atoms with Crippen molar-refractivity contribution in [2.45, 2.75) is 38.8 Å². The van der Waals surface area contributed by atoms with E-state index in [1.54, 1.807) is 12.1 Å². The van der Waals surface area contributed by atoms with Crippen molar-refractivity contribution < 1.29 is 4.39 Å². The van der Waals surface area contributed by atoms with E-state index in [1.807, 2.05) is 11.9 Å². The third kappa shape index (κ3) is 2.21. The third-order valence-electron chi connectivity index (χ3n) is 3.14. The van der Waals surface area contributed by atoms with Crippen LogP contribution in [-0.4, -0.2) is 16.3 Å². The second kappa shape index (κ2) is 4.41. The number of halogens is 1. The first-order chi connectivity index (χ1) is 8.44. The molecule has 0 amide bonds. The second-order valence-electron chi connectivity index (χ2n) is 5.25. The van der Waals surface area contributed by atoms with Crippen molar-refractivity contribution in [1.29, 1.82) is 5.26 Å². The van der Waals surface area contributed by atoms with Gasteiger partial charge in [0.1, 0.15) is 5.82 Å². The summed E-state index contributed by atoms with van der Waals surface area (Å²) in [5.74, 6) is -0.296. The summed E-state index contributed by atoms with van der Waals surface area (Å²) in [6.07, 6.45) is 0.840. The summed E-state index contributed by atoms with van der Waals surface area (Å²) in [6, 6.07) is 7.81. The summed E-state index contributed by atoms with van der Waals surface area (Å²) >= 11 is 0. The lowest BCUT2D eigenvalue weighted by atomic mass is 9.96. The molecule has 1 heterocycles. The van der Waals surface area contributed by atoms with E-state index in [1.165, 1.54) is 12.1 Å². The molecule has 94 valence electrons. The van der Waals surface area contributed by atoms with Crippen molar-refractivity contribution in [1.82, 2.24) is 5.01 Å². The zero-order valence-corrected chi connectivity index (χ0v) is 10.8. The average molecular weight is 245 g/mol. The number of hydrogen-bond donors (Lipinski definition) is 0. The van der Waals surface area contributed by atoms with Gasteiger partial charge in [0.25, 0.3) is 0 Å². The topological polar surface area (TPSA) is 39.4 Å². The Hall–Kier alpha value is -1.89. The van der Waals surface area contributed by atoms with Crippen LogP contribution < -0.4 is 0 Å². The number of nitriles is 1. The van der Waals surface area contributed by atoms with Crippen LogP contribution in [0.4, 0.5) is 4.39 Å². The quantitative estimate of drug-likeness (QED) is 0.802. The van der Waals surface area contributed by atoms with E-state index in [4.69, 9.17) is 0 Å². The predicted molar refractivity (Wildman–Crippen MR) is 68.4 cm³/mol. The van der Waals surface area contributed by atoms with Crippen LogP contribution in [0.3, 0.4) is 0 Å². The molecule has 3 nitrogen and oxygen atoms in total. The molecule has 0 fully saturated rings. The Kier molecular flexibility index (Phi) is 3.08. The van der Waals surface area contributed by atoms with E-state index in [-0.39, 0.29) is 11.4 Å². The Balaban J connectivity index is 2.35. The molecule has 0 spiro atoms. The summed E-state index contributed by atoms with van der Waals surface area (Å²) in [6.45, 7) is 6.07. The lowest BCUT2D eigenvalue weighted by molar-refractivity contribution is 0.123. The fourth-order valence-electron chi connectivity index (χ4n) is 2.38. The molecule has 0 aromatic heterocycles. The monoisotopic (exact) mass is 245 g/mol. The molecule has 0 saturated heterocycles. The smallest absolute Gasteiger partial charge is 0.159 e. The van der Waals surface area contributed by atoms with Gasteiger partial charge in [0.15, 0.2) is 6.04 Å². The highest BCUT2D eigenvalue weighted by Gasteiger charge is 2.37. The molecule has 4 heteroatoms. The van der Waals surface area contributed by atoms with Gasteiger partial charge < -0.3 is 0 Å². The maximum atomic E-state index is 12.9. The van der Waals surface area contributed by atoms with Crippen LogP contribution in [0.15, 0.2) is 29.4 Å². The van der Waals surface area contributed by atoms with Crippen molar-refractivity contribution in [3.05, 3.63) is 35.6 Å². The van der Waals surface area contributed by atoms with Crippen molar-refractivity contribution >= 4 is 5.71 Å². The molecule has 0 unspecified atom stereocenters. The lowest BCUT2D eigenvalue weighted by Gasteiger charge is -2.34. The molecule has 0 radical (unpaired) electrons. The first-order valence-corrected chi connectivity index (χ1v) is 5.92. The molecule has 0 bridgehead atoms. The fourth-order valence-corrected chi connectivity index (χ4v) is 2.38. The molecule has 1 atom stereocenters. The van der Waals surface area contributed by atoms with Crippen molar-refractivity contribution in [3.8, 4) is 6.07 Å². The normalized spacial score (nSPS) is 19.3. The zero-order chi connectivity index (χ0) is 13.3. The molecule has 0 aliphatic carbocycles. The third-order valence-corrected chi connectivity index (χ3v) is 3.14. The van der Waals surface area contributed by atoms with Crippen LogP contribution in [0.5, 0.6) is 0 Å². The predicted octanol–water partition coefficient (Wildman–Crippen LogP) is 3.25. The van der Waals surface area contributed by atoms with E-state index in [2.05, 4.69) is 25.0 Å². The molecule has 1 aliphatic rings. The van der Waals surface area contributed by atoms with Crippen molar-refractivity contribution in [2.75, 3.05) is 0 Å². The highest BCUT2D eigenvalue weighted by molar-refractivity contribution is 5.84. The molecule has 1 aliphatic heterocycles. The van der Waals surface area contributed by atoms with E-state index in [0.717, 1.165) is 17.7 Å². The van der Waals surface area contributed by atoms with Gasteiger partial charge in [0.05, 0.1) is 11.6 Å². The standard InChI is InChI=1S/C14H16FN3/c1-10-8-14(2,3)18(17-10)13(9-16)11-4-6-12(15)7-5-11/h4-7,13H,8H2,1-3H3/t13-/m0/s1. The Labute approximate surface area is 107 Å². The molecule has 1 aromatic carbocycles. The summed E-state index contributed by atoms with van der Waals surface area (Å²) < 4.78 is 12.9. The molecule has 2 rings (SSSR count). The maximum absolute atomic E-state index is 12.9. The van der Waals surface area contributed by atoms with Gasteiger partial charge in [-0.15, -0.1) is 0 Å². The summed E-state index contributed by atoms with van der Waals surface area (Å²) in [4.78, 5) is 0.